The average molecular weight is 364 g/mol. The van der Waals surface area contributed by atoms with Gasteiger partial charge in [-0.15, -0.1) is 0 Å². The number of aromatic nitrogens is 2. The summed E-state index contributed by atoms with van der Waals surface area (Å²) in [5.41, 5.74) is 2.69. The Labute approximate surface area is 151 Å². The van der Waals surface area contributed by atoms with Crippen molar-refractivity contribution in [1.82, 2.24) is 15.1 Å². The standard InChI is InChI=1S/C18H22ClN3O3/c1-10(18(24)25)11(2)20-17(23)16-12(3)21-22(13(16)4)9-14-7-5-6-8-15(14)19/h5-8,10-11H,9H2,1-4H3,(H,20,23)(H,24,25). The number of carboxylic acids is 1. The van der Waals surface area contributed by atoms with Crippen molar-refractivity contribution in [3.05, 3.63) is 51.8 Å². The van der Waals surface area contributed by atoms with Crippen molar-refractivity contribution in [1.29, 1.82) is 0 Å². The Morgan fingerprint density at radius 3 is 2.52 bits per heavy atom. The van der Waals surface area contributed by atoms with E-state index in [1.54, 1.807) is 25.5 Å². The van der Waals surface area contributed by atoms with Gasteiger partial charge in [0, 0.05) is 16.8 Å². The van der Waals surface area contributed by atoms with Crippen LogP contribution in [0.3, 0.4) is 0 Å². The van der Waals surface area contributed by atoms with Gasteiger partial charge in [0.1, 0.15) is 0 Å². The first-order chi connectivity index (χ1) is 11.7. The van der Waals surface area contributed by atoms with Crippen LogP contribution < -0.4 is 5.32 Å². The highest BCUT2D eigenvalue weighted by molar-refractivity contribution is 6.31. The third kappa shape index (κ3) is 4.20. The Morgan fingerprint density at radius 1 is 1.28 bits per heavy atom. The SMILES string of the molecule is Cc1nn(Cc2ccccc2Cl)c(C)c1C(=O)NC(C)C(C)C(=O)O. The third-order valence-corrected chi connectivity index (χ3v) is 4.75. The number of hydrogen-bond acceptors (Lipinski definition) is 3. The van der Waals surface area contributed by atoms with Crippen LogP contribution in [0.5, 0.6) is 0 Å². The van der Waals surface area contributed by atoms with E-state index < -0.39 is 17.9 Å². The first-order valence-corrected chi connectivity index (χ1v) is 8.41. The van der Waals surface area contributed by atoms with Gasteiger partial charge in [-0.3, -0.25) is 14.3 Å². The van der Waals surface area contributed by atoms with Gasteiger partial charge in [0.05, 0.1) is 23.7 Å². The average Bonchev–Trinajstić information content (AvgIpc) is 2.82. The summed E-state index contributed by atoms with van der Waals surface area (Å²) in [5.74, 6) is -1.95. The van der Waals surface area contributed by atoms with Crippen molar-refractivity contribution in [2.24, 2.45) is 5.92 Å². The van der Waals surface area contributed by atoms with E-state index in [4.69, 9.17) is 16.7 Å². The van der Waals surface area contributed by atoms with E-state index in [-0.39, 0.29) is 5.91 Å². The lowest BCUT2D eigenvalue weighted by Gasteiger charge is -2.17. The molecule has 0 saturated carbocycles. The molecule has 0 aliphatic heterocycles. The minimum absolute atomic E-state index is 0.319. The Bertz CT molecular complexity index is 801. The molecule has 0 aliphatic rings. The smallest absolute Gasteiger partial charge is 0.308 e. The maximum absolute atomic E-state index is 12.6. The first kappa shape index (κ1) is 19.0. The predicted molar refractivity (Wildman–Crippen MR) is 96.0 cm³/mol. The fourth-order valence-corrected chi connectivity index (χ4v) is 2.78. The van der Waals surface area contributed by atoms with Gasteiger partial charge in [-0.1, -0.05) is 29.8 Å². The maximum atomic E-state index is 12.6. The number of rotatable bonds is 6. The van der Waals surface area contributed by atoms with Gasteiger partial charge >= 0.3 is 5.97 Å². The second-order valence-corrected chi connectivity index (χ2v) is 6.59. The van der Waals surface area contributed by atoms with E-state index in [1.165, 1.54) is 0 Å². The second-order valence-electron chi connectivity index (χ2n) is 6.18. The van der Waals surface area contributed by atoms with E-state index in [0.717, 1.165) is 5.56 Å². The number of nitrogens with one attached hydrogen (secondary N) is 1. The lowest BCUT2D eigenvalue weighted by molar-refractivity contribution is -0.141. The second kappa shape index (κ2) is 7.70. The summed E-state index contributed by atoms with van der Waals surface area (Å²) in [6.45, 7) is 7.28. The Hall–Kier alpha value is -2.34. The fraction of sp³-hybridized carbons (Fsp3) is 0.389. The topological polar surface area (TPSA) is 84.2 Å². The van der Waals surface area contributed by atoms with Gasteiger partial charge < -0.3 is 10.4 Å². The minimum Gasteiger partial charge on any atom is -0.481 e. The number of carbonyl (C=O) groups excluding carboxylic acids is 1. The van der Waals surface area contributed by atoms with Gasteiger partial charge in [-0.25, -0.2) is 0 Å². The van der Waals surface area contributed by atoms with Crippen LogP contribution in [0.2, 0.25) is 5.02 Å². The van der Waals surface area contributed by atoms with Crippen LogP contribution in [0, 0.1) is 19.8 Å². The van der Waals surface area contributed by atoms with Crippen LogP contribution >= 0.6 is 11.6 Å². The highest BCUT2D eigenvalue weighted by Crippen LogP contribution is 2.19. The van der Waals surface area contributed by atoms with Gasteiger partial charge in [0.15, 0.2) is 0 Å². The van der Waals surface area contributed by atoms with Crippen LogP contribution in [0.25, 0.3) is 0 Å². The predicted octanol–water partition coefficient (Wildman–Crippen LogP) is 3.04. The molecule has 2 atom stereocenters. The molecule has 1 aromatic carbocycles. The van der Waals surface area contributed by atoms with Crippen molar-refractivity contribution in [2.75, 3.05) is 0 Å². The van der Waals surface area contributed by atoms with E-state index in [1.807, 2.05) is 31.2 Å². The Kier molecular flexibility index (Phi) is 5.85. The molecule has 0 aliphatic carbocycles. The zero-order valence-electron chi connectivity index (χ0n) is 14.7. The molecule has 2 aromatic rings. The first-order valence-electron chi connectivity index (χ1n) is 8.03. The molecule has 0 bridgehead atoms. The molecule has 7 heteroatoms. The number of carboxylic acid groups (broad SMARTS) is 1. The number of amides is 1. The molecule has 2 rings (SSSR count). The molecule has 1 heterocycles. The number of benzene rings is 1. The minimum atomic E-state index is -0.948. The third-order valence-electron chi connectivity index (χ3n) is 4.38. The van der Waals surface area contributed by atoms with Gasteiger partial charge in [-0.2, -0.15) is 5.10 Å². The summed E-state index contributed by atoms with van der Waals surface area (Å²) in [5, 5.41) is 16.9. The van der Waals surface area contributed by atoms with Crippen LogP contribution in [-0.4, -0.2) is 32.8 Å². The zero-order chi connectivity index (χ0) is 18.7. The normalized spacial score (nSPS) is 13.3. The molecule has 0 saturated heterocycles. The number of halogens is 1. The van der Waals surface area contributed by atoms with Crippen molar-refractivity contribution in [2.45, 2.75) is 40.3 Å². The molecule has 134 valence electrons. The number of aryl methyl sites for hydroxylation is 1. The summed E-state index contributed by atoms with van der Waals surface area (Å²) >= 11 is 6.19. The molecule has 1 aromatic heterocycles. The van der Waals surface area contributed by atoms with Crippen molar-refractivity contribution < 1.29 is 14.7 Å². The highest BCUT2D eigenvalue weighted by Gasteiger charge is 2.25. The summed E-state index contributed by atoms with van der Waals surface area (Å²) in [7, 11) is 0. The van der Waals surface area contributed by atoms with Crippen LogP contribution in [-0.2, 0) is 11.3 Å². The quantitative estimate of drug-likeness (QED) is 0.826. The van der Waals surface area contributed by atoms with Crippen molar-refractivity contribution >= 4 is 23.5 Å². The lowest BCUT2D eigenvalue weighted by atomic mass is 10.0. The number of hydrogen-bond donors (Lipinski definition) is 2. The molecule has 6 nitrogen and oxygen atoms in total. The molecule has 2 unspecified atom stereocenters. The van der Waals surface area contributed by atoms with Gasteiger partial charge in [0.25, 0.3) is 5.91 Å². The van der Waals surface area contributed by atoms with E-state index in [0.29, 0.717) is 28.5 Å². The monoisotopic (exact) mass is 363 g/mol. The van der Waals surface area contributed by atoms with Crippen LogP contribution in [0.15, 0.2) is 24.3 Å². The van der Waals surface area contributed by atoms with E-state index in [9.17, 15) is 9.59 Å². The zero-order valence-corrected chi connectivity index (χ0v) is 15.5. The van der Waals surface area contributed by atoms with Crippen molar-refractivity contribution in [3.63, 3.8) is 0 Å². The largest absolute Gasteiger partial charge is 0.481 e. The van der Waals surface area contributed by atoms with Crippen LogP contribution in [0.1, 0.15) is 41.2 Å². The molecular weight excluding hydrogens is 342 g/mol. The molecule has 25 heavy (non-hydrogen) atoms. The van der Waals surface area contributed by atoms with Gasteiger partial charge in [0.2, 0.25) is 0 Å². The summed E-state index contributed by atoms with van der Waals surface area (Å²) in [4.78, 5) is 23.6. The van der Waals surface area contributed by atoms with E-state index >= 15 is 0 Å². The summed E-state index contributed by atoms with van der Waals surface area (Å²) < 4.78 is 1.73. The fourth-order valence-electron chi connectivity index (χ4n) is 2.59. The maximum Gasteiger partial charge on any atom is 0.308 e. The number of aliphatic carboxylic acids is 1. The molecule has 0 spiro atoms. The van der Waals surface area contributed by atoms with Crippen LogP contribution in [0.4, 0.5) is 0 Å². The lowest BCUT2D eigenvalue weighted by Crippen LogP contribution is -2.40. The molecule has 0 radical (unpaired) electrons. The number of carbonyl (C=O) groups is 2. The molecule has 2 N–H and O–H groups in total. The molecule has 0 fully saturated rings. The molecular formula is C18H22ClN3O3. The van der Waals surface area contributed by atoms with E-state index in [2.05, 4.69) is 10.4 Å². The van der Waals surface area contributed by atoms with Gasteiger partial charge in [-0.05, 0) is 39.3 Å². The Balaban J connectivity index is 2.23. The summed E-state index contributed by atoms with van der Waals surface area (Å²) in [6, 6.07) is 6.99. The number of nitrogens with zero attached hydrogens (tertiary/aromatic N) is 2. The Morgan fingerprint density at radius 2 is 1.92 bits per heavy atom. The molecule has 1 amide bonds. The van der Waals surface area contributed by atoms with Crippen molar-refractivity contribution in [3.8, 4) is 0 Å². The highest BCUT2D eigenvalue weighted by atomic mass is 35.5. The summed E-state index contributed by atoms with van der Waals surface area (Å²) in [6.07, 6.45) is 0.